The second kappa shape index (κ2) is 28.6. The number of carbonyl (C=O) groups is 1. The third kappa shape index (κ3) is 16.6. The number of rotatable bonds is 24. The quantitative estimate of drug-likeness (QED) is 0.0357. The molecule has 0 aromatic carbocycles. The van der Waals surface area contributed by atoms with Crippen molar-refractivity contribution in [3.63, 3.8) is 0 Å². The molecule has 0 aromatic rings. The van der Waals surface area contributed by atoms with Gasteiger partial charge in [0, 0.05) is 18.9 Å². The summed E-state index contributed by atoms with van der Waals surface area (Å²) in [7, 11) is 1.38. The molecule has 22 nitrogen and oxygen atoms in total. The van der Waals surface area contributed by atoms with Gasteiger partial charge in [-0.1, -0.05) is 88.0 Å². The first-order chi connectivity index (χ1) is 34.3. The van der Waals surface area contributed by atoms with Crippen molar-refractivity contribution in [2.24, 2.45) is 23.7 Å². The molecule has 418 valence electrons. The predicted octanol–water partition coefficient (Wildman–Crippen LogP) is -2.31. The number of hydrogen-bond donors (Lipinski definition) is 14. The predicted molar refractivity (Wildman–Crippen MR) is 258 cm³/mol. The van der Waals surface area contributed by atoms with Crippen molar-refractivity contribution in [2.75, 3.05) is 26.9 Å². The Morgan fingerprint density at radius 1 is 0.726 bits per heavy atom. The summed E-state index contributed by atoms with van der Waals surface area (Å²) in [4.78, 5) is 13.4. The Morgan fingerprint density at radius 3 is 1.90 bits per heavy atom. The van der Waals surface area contributed by atoms with Crippen molar-refractivity contribution in [1.82, 2.24) is 0 Å². The summed E-state index contributed by atoms with van der Waals surface area (Å²) in [5.41, 5.74) is 0.0639. The van der Waals surface area contributed by atoms with Gasteiger partial charge < -0.3 is 105 Å². The van der Waals surface area contributed by atoms with Crippen LogP contribution < -0.4 is 0 Å². The Morgan fingerprint density at radius 2 is 1.32 bits per heavy atom. The first kappa shape index (κ1) is 62.8. The van der Waals surface area contributed by atoms with Crippen LogP contribution in [-0.2, 0) is 38.0 Å². The zero-order chi connectivity index (χ0) is 54.6. The van der Waals surface area contributed by atoms with E-state index in [1.807, 2.05) is 58.1 Å². The summed E-state index contributed by atoms with van der Waals surface area (Å²) in [6.07, 6.45) is -14.2. The van der Waals surface area contributed by atoms with Gasteiger partial charge >= 0.3 is 0 Å². The van der Waals surface area contributed by atoms with Crippen LogP contribution in [0, 0.1) is 23.7 Å². The Balaban J connectivity index is 1.39. The third-order valence-corrected chi connectivity index (χ3v) is 13.6. The average Bonchev–Trinajstić information content (AvgIpc) is 3.34. The van der Waals surface area contributed by atoms with Crippen LogP contribution in [0.3, 0.4) is 0 Å². The summed E-state index contributed by atoms with van der Waals surface area (Å²) in [6.45, 7) is 10.6. The molecule has 22 heteroatoms. The maximum atomic E-state index is 13.4. The van der Waals surface area contributed by atoms with E-state index in [2.05, 4.69) is 0 Å². The van der Waals surface area contributed by atoms with E-state index < -0.39 is 160 Å². The van der Waals surface area contributed by atoms with Gasteiger partial charge in [0.25, 0.3) is 0 Å². The highest BCUT2D eigenvalue weighted by Crippen LogP contribution is 2.36. The molecule has 0 bridgehead atoms. The van der Waals surface area contributed by atoms with Crippen molar-refractivity contribution in [2.45, 2.75) is 190 Å². The van der Waals surface area contributed by atoms with Crippen molar-refractivity contribution >= 4 is 5.78 Å². The van der Waals surface area contributed by atoms with Crippen LogP contribution in [0.15, 0.2) is 71.9 Å². The summed E-state index contributed by atoms with van der Waals surface area (Å²) < 4.78 is 39.8. The van der Waals surface area contributed by atoms with Crippen molar-refractivity contribution in [3.05, 3.63) is 71.9 Å². The van der Waals surface area contributed by atoms with Gasteiger partial charge in [-0.05, 0) is 57.1 Å². The fourth-order valence-electron chi connectivity index (χ4n) is 9.09. The summed E-state index contributed by atoms with van der Waals surface area (Å²) in [6, 6.07) is 0. The normalized spacial score (nSPS) is 38.4. The lowest BCUT2D eigenvalue weighted by Crippen LogP contribution is -2.65. The Hall–Kier alpha value is -2.73. The Kier molecular flexibility index (Phi) is 24.6. The van der Waals surface area contributed by atoms with Crippen LogP contribution >= 0.6 is 0 Å². The number of methoxy groups -OCH3 is 1. The second-order valence-electron chi connectivity index (χ2n) is 20.3. The van der Waals surface area contributed by atoms with Gasteiger partial charge in [-0.25, -0.2) is 0 Å². The molecule has 23 unspecified atom stereocenters. The van der Waals surface area contributed by atoms with E-state index in [1.54, 1.807) is 32.9 Å². The van der Waals surface area contributed by atoms with Gasteiger partial charge in [-0.3, -0.25) is 4.79 Å². The molecule has 3 saturated heterocycles. The highest BCUT2D eigenvalue weighted by Gasteiger charge is 2.53. The number of hydrogen-bond acceptors (Lipinski definition) is 22. The minimum absolute atomic E-state index is 0.0932. The zero-order valence-electron chi connectivity index (χ0n) is 42.7. The van der Waals surface area contributed by atoms with Crippen molar-refractivity contribution < 1.29 is 109 Å². The topological polar surface area (TPSA) is 365 Å². The molecule has 14 N–H and O–H groups in total. The molecular weight excluding hydrogens is 965 g/mol. The molecule has 0 saturated carbocycles. The van der Waals surface area contributed by atoms with Gasteiger partial charge in [0.05, 0.1) is 31.5 Å². The molecule has 23 atom stereocenters. The molecule has 0 spiro atoms. The van der Waals surface area contributed by atoms with Crippen molar-refractivity contribution in [1.29, 1.82) is 0 Å². The van der Waals surface area contributed by atoms with E-state index >= 15 is 0 Å². The summed E-state index contributed by atoms with van der Waals surface area (Å²) in [5.74, 6) is -1.20. The first-order valence-electron chi connectivity index (χ1n) is 24.7. The van der Waals surface area contributed by atoms with E-state index in [0.29, 0.717) is 5.57 Å². The number of carbonyl (C=O) groups excluding carboxylic acids is 1. The maximum Gasteiger partial charge on any atom is 0.187 e. The zero-order valence-corrected chi connectivity index (χ0v) is 42.7. The fourth-order valence-corrected chi connectivity index (χ4v) is 9.09. The van der Waals surface area contributed by atoms with E-state index in [-0.39, 0.29) is 30.5 Å². The Labute approximate surface area is 426 Å². The first-order valence-corrected chi connectivity index (χ1v) is 24.7. The van der Waals surface area contributed by atoms with Gasteiger partial charge in [-0.15, -0.1) is 0 Å². The third-order valence-electron chi connectivity index (χ3n) is 13.6. The Bertz CT molecular complexity index is 1880. The molecule has 4 aliphatic rings. The highest BCUT2D eigenvalue weighted by molar-refractivity contribution is 5.98. The van der Waals surface area contributed by atoms with E-state index in [0.717, 1.165) is 5.57 Å². The molecule has 0 amide bonds. The monoisotopic (exact) mass is 1050 g/mol. The number of aliphatic hydroxyl groups is 14. The van der Waals surface area contributed by atoms with Gasteiger partial charge in [0.15, 0.2) is 24.7 Å². The number of allylic oxidation sites excluding steroid dienone is 8. The number of ketones is 1. The lowest BCUT2D eigenvalue weighted by Gasteiger charge is -2.47. The van der Waals surface area contributed by atoms with Crippen LogP contribution in [0.5, 0.6) is 0 Å². The second-order valence-corrected chi connectivity index (χ2v) is 20.3. The van der Waals surface area contributed by atoms with E-state index in [1.165, 1.54) is 25.3 Å². The molecule has 73 heavy (non-hydrogen) atoms. The molecule has 3 aliphatic heterocycles. The number of aliphatic hydroxyl groups excluding tert-OH is 14. The standard InChI is InChI=1S/C51H82O22/c1-24(2)17-18-31(67-8)38(58)37(57)29(54)16-10-15-28-20-30(55)35(27(5)36(28)56)26(4)14-9-12-25(3)13-11-19-51(6,7)73-50-46(66)47(72-49-45(65)43(63)40(60)33(22-53)70-49)41(61)34(71-50)23-68-48-44(64)42(62)39(59)32(21-52)69-48/h9-14,16-18,20,24,26-27,29-35,37-50,52-55,57-66H,15,19,21-23H2,1-8H3. The molecule has 3 heterocycles. The smallest absolute Gasteiger partial charge is 0.187 e. The van der Waals surface area contributed by atoms with Crippen LogP contribution in [0.25, 0.3) is 0 Å². The van der Waals surface area contributed by atoms with Crippen LogP contribution in [-0.4, -0.2) is 232 Å². The van der Waals surface area contributed by atoms with E-state index in [4.69, 9.17) is 33.2 Å². The number of Topliss-reactive ketones (excluding diaryl/α,β-unsaturated/α-hetero) is 1. The molecular formula is C51H82O22. The van der Waals surface area contributed by atoms with Crippen LogP contribution in [0.1, 0.15) is 61.3 Å². The average molecular weight is 1050 g/mol. The van der Waals surface area contributed by atoms with Gasteiger partial charge in [0.1, 0.15) is 97.7 Å². The highest BCUT2D eigenvalue weighted by atomic mass is 16.8. The molecule has 1 aliphatic carbocycles. The molecule has 0 aromatic heterocycles. The van der Waals surface area contributed by atoms with Crippen LogP contribution in [0.4, 0.5) is 0 Å². The minimum Gasteiger partial charge on any atom is -0.394 e. The molecule has 3 fully saturated rings. The summed E-state index contributed by atoms with van der Waals surface area (Å²) in [5, 5.41) is 147. The summed E-state index contributed by atoms with van der Waals surface area (Å²) >= 11 is 0. The number of ether oxygens (including phenoxy) is 7. The van der Waals surface area contributed by atoms with Gasteiger partial charge in [-0.2, -0.15) is 0 Å². The SMILES string of the molecule is COC(C=CC(C)C)C(O)C(O)C(O)C=CCC1=CC(O)C(C(C)C=CC=C(C)C=CCC(C)(C)OC2OC(COC3OC(CO)C(O)C(O)C3O)C(O)C(OC3OC(CO)C(O)C(O)C3O)C2O)C(C)C1=O. The lowest BCUT2D eigenvalue weighted by atomic mass is 9.71. The van der Waals surface area contributed by atoms with Gasteiger partial charge in [0.2, 0.25) is 0 Å². The maximum absolute atomic E-state index is 13.4. The fraction of sp³-hybridized carbons (Fsp3) is 0.745. The lowest BCUT2D eigenvalue weighted by molar-refractivity contribution is -0.373. The van der Waals surface area contributed by atoms with Crippen molar-refractivity contribution in [3.8, 4) is 0 Å². The molecule has 0 radical (unpaired) electrons. The minimum atomic E-state index is -1.91. The largest absolute Gasteiger partial charge is 0.394 e. The van der Waals surface area contributed by atoms with Crippen LogP contribution in [0.2, 0.25) is 0 Å². The molecule has 4 rings (SSSR count). The van der Waals surface area contributed by atoms with E-state index in [9.17, 15) is 76.3 Å².